The molecule has 0 spiro atoms. The lowest BCUT2D eigenvalue weighted by atomic mass is 9.95. The first-order chi connectivity index (χ1) is 12.9. The highest BCUT2D eigenvalue weighted by Crippen LogP contribution is 2.33. The van der Waals surface area contributed by atoms with Gasteiger partial charge in [-0.3, -0.25) is 4.99 Å². The Bertz CT molecular complexity index is 672. The van der Waals surface area contributed by atoms with E-state index in [1.54, 1.807) is 0 Å². The first-order valence-corrected chi connectivity index (χ1v) is 9.52. The largest absolute Gasteiger partial charge is 0.373 e. The van der Waals surface area contributed by atoms with Gasteiger partial charge in [0.05, 0.1) is 6.10 Å². The molecular weight excluding hydrogens is 322 g/mol. The van der Waals surface area contributed by atoms with E-state index < -0.39 is 0 Å². The third-order valence-electron chi connectivity index (χ3n) is 4.88. The van der Waals surface area contributed by atoms with Crippen LogP contribution in [0.4, 0.5) is 0 Å². The van der Waals surface area contributed by atoms with E-state index in [1.165, 1.54) is 11.1 Å². The summed E-state index contributed by atoms with van der Waals surface area (Å²) in [5, 5.41) is 6.88. The topological polar surface area (TPSA) is 45.7 Å². The fraction of sp³-hybridized carbons (Fsp3) is 0.409. The molecule has 138 valence electrons. The first-order valence-electron chi connectivity index (χ1n) is 9.52. The molecule has 2 aromatic carbocycles. The summed E-state index contributed by atoms with van der Waals surface area (Å²) in [5.74, 6) is 1.34. The van der Waals surface area contributed by atoms with E-state index in [1.807, 2.05) is 13.1 Å². The van der Waals surface area contributed by atoms with Crippen LogP contribution in [0.2, 0.25) is 0 Å². The van der Waals surface area contributed by atoms with Crippen molar-refractivity contribution in [1.29, 1.82) is 0 Å². The van der Waals surface area contributed by atoms with Gasteiger partial charge in [-0.05, 0) is 30.4 Å². The number of aryl methyl sites for hydroxylation is 1. The van der Waals surface area contributed by atoms with Crippen LogP contribution < -0.4 is 10.6 Å². The molecular formula is C22H29N3O. The quantitative estimate of drug-likeness (QED) is 0.455. The number of benzene rings is 2. The molecule has 2 N–H and O–H groups in total. The molecule has 0 aliphatic carbocycles. The molecule has 1 aliphatic rings. The molecule has 2 aromatic rings. The molecule has 0 amide bonds. The molecule has 3 rings (SSSR count). The van der Waals surface area contributed by atoms with Crippen LogP contribution in [0.1, 0.15) is 30.1 Å². The van der Waals surface area contributed by atoms with Crippen LogP contribution in [-0.2, 0) is 11.2 Å². The Morgan fingerprint density at radius 1 is 1.04 bits per heavy atom. The van der Waals surface area contributed by atoms with Crippen LogP contribution in [0.3, 0.4) is 0 Å². The molecule has 1 heterocycles. The molecule has 2 atom stereocenters. The Morgan fingerprint density at radius 3 is 2.50 bits per heavy atom. The minimum atomic E-state index is 0.180. The van der Waals surface area contributed by atoms with Crippen LogP contribution in [0.15, 0.2) is 65.7 Å². The zero-order valence-corrected chi connectivity index (χ0v) is 15.5. The van der Waals surface area contributed by atoms with E-state index in [0.717, 1.165) is 44.9 Å². The number of rotatable bonds is 7. The van der Waals surface area contributed by atoms with Gasteiger partial charge in [0, 0.05) is 32.7 Å². The number of hydrogen-bond acceptors (Lipinski definition) is 2. The third-order valence-corrected chi connectivity index (χ3v) is 4.88. The maximum atomic E-state index is 5.96. The highest BCUT2D eigenvalue weighted by molar-refractivity contribution is 5.79. The van der Waals surface area contributed by atoms with Crippen molar-refractivity contribution in [2.45, 2.75) is 25.4 Å². The van der Waals surface area contributed by atoms with E-state index in [2.05, 4.69) is 70.2 Å². The Balaban J connectivity index is 1.41. The summed E-state index contributed by atoms with van der Waals surface area (Å²) in [6.45, 7) is 2.62. The number of ether oxygens (including phenoxy) is 1. The zero-order valence-electron chi connectivity index (χ0n) is 15.5. The lowest BCUT2D eigenvalue weighted by molar-refractivity contribution is 0.0915. The molecule has 0 saturated carbocycles. The summed E-state index contributed by atoms with van der Waals surface area (Å²) in [6.07, 6.45) is 3.43. The van der Waals surface area contributed by atoms with E-state index in [-0.39, 0.29) is 6.10 Å². The van der Waals surface area contributed by atoms with Crippen molar-refractivity contribution >= 4 is 5.96 Å². The van der Waals surface area contributed by atoms with Crippen molar-refractivity contribution in [2.24, 2.45) is 10.9 Å². The average molecular weight is 351 g/mol. The van der Waals surface area contributed by atoms with Crippen LogP contribution in [0.25, 0.3) is 0 Å². The summed E-state index contributed by atoms with van der Waals surface area (Å²) in [4.78, 5) is 4.34. The van der Waals surface area contributed by atoms with Crippen LogP contribution in [-0.4, -0.2) is 32.7 Å². The highest BCUT2D eigenvalue weighted by Gasteiger charge is 2.29. The van der Waals surface area contributed by atoms with Crippen LogP contribution in [0.5, 0.6) is 0 Å². The third kappa shape index (κ3) is 5.33. The number of aliphatic imine (C=N–C) groups is 1. The summed E-state index contributed by atoms with van der Waals surface area (Å²) < 4.78 is 5.96. The van der Waals surface area contributed by atoms with Gasteiger partial charge in [-0.15, -0.1) is 0 Å². The van der Waals surface area contributed by atoms with Crippen molar-refractivity contribution in [3.8, 4) is 0 Å². The van der Waals surface area contributed by atoms with Crippen LogP contribution in [0, 0.1) is 5.92 Å². The second-order valence-corrected chi connectivity index (χ2v) is 6.72. The molecule has 1 aliphatic heterocycles. The predicted octanol–water partition coefficient (Wildman–Crippen LogP) is 3.56. The fourth-order valence-electron chi connectivity index (χ4n) is 3.45. The molecule has 26 heavy (non-hydrogen) atoms. The van der Waals surface area contributed by atoms with Gasteiger partial charge in [-0.1, -0.05) is 60.7 Å². The summed E-state index contributed by atoms with van der Waals surface area (Å²) in [6, 6.07) is 21.1. The van der Waals surface area contributed by atoms with E-state index >= 15 is 0 Å². The van der Waals surface area contributed by atoms with Gasteiger partial charge in [0.15, 0.2) is 5.96 Å². The molecule has 4 nitrogen and oxygen atoms in total. The van der Waals surface area contributed by atoms with Gasteiger partial charge in [0.2, 0.25) is 0 Å². The van der Waals surface area contributed by atoms with Crippen molar-refractivity contribution in [2.75, 3.05) is 26.7 Å². The molecule has 0 aromatic heterocycles. The maximum absolute atomic E-state index is 5.96. The monoisotopic (exact) mass is 351 g/mol. The van der Waals surface area contributed by atoms with E-state index in [4.69, 9.17) is 4.74 Å². The Labute approximate surface area is 156 Å². The summed E-state index contributed by atoms with van der Waals surface area (Å²) >= 11 is 0. The molecule has 0 radical (unpaired) electrons. The van der Waals surface area contributed by atoms with E-state index in [9.17, 15) is 0 Å². The minimum absolute atomic E-state index is 0.180. The van der Waals surface area contributed by atoms with Gasteiger partial charge in [-0.25, -0.2) is 0 Å². The molecule has 1 saturated heterocycles. The minimum Gasteiger partial charge on any atom is -0.373 e. The first kappa shape index (κ1) is 18.5. The Hall–Kier alpha value is -2.33. The van der Waals surface area contributed by atoms with E-state index in [0.29, 0.717) is 5.92 Å². The molecule has 0 bridgehead atoms. The standard InChI is InChI=1S/C22H29N3O/c1-23-22(24-15-8-11-18-9-4-2-5-10-18)25-17-20-14-16-26-21(20)19-12-6-3-7-13-19/h2-7,9-10,12-13,20-21H,8,11,14-17H2,1H3,(H2,23,24,25). The van der Waals surface area contributed by atoms with Gasteiger partial charge in [0.25, 0.3) is 0 Å². The summed E-state index contributed by atoms with van der Waals surface area (Å²) in [5.41, 5.74) is 2.65. The van der Waals surface area contributed by atoms with Gasteiger partial charge >= 0.3 is 0 Å². The average Bonchev–Trinajstić information content (AvgIpc) is 3.17. The second-order valence-electron chi connectivity index (χ2n) is 6.72. The van der Waals surface area contributed by atoms with Crippen molar-refractivity contribution in [3.63, 3.8) is 0 Å². The number of nitrogens with one attached hydrogen (secondary N) is 2. The predicted molar refractivity (Wildman–Crippen MR) is 107 cm³/mol. The molecule has 4 heteroatoms. The highest BCUT2D eigenvalue weighted by atomic mass is 16.5. The molecule has 1 fully saturated rings. The Kier molecular flexibility index (Phi) is 7.08. The van der Waals surface area contributed by atoms with Gasteiger partial charge in [0.1, 0.15) is 0 Å². The van der Waals surface area contributed by atoms with Crippen molar-refractivity contribution < 1.29 is 4.74 Å². The smallest absolute Gasteiger partial charge is 0.190 e. The van der Waals surface area contributed by atoms with Crippen molar-refractivity contribution in [1.82, 2.24) is 10.6 Å². The summed E-state index contributed by atoms with van der Waals surface area (Å²) in [7, 11) is 1.83. The lowest BCUT2D eigenvalue weighted by Crippen LogP contribution is -2.40. The second kappa shape index (κ2) is 9.97. The zero-order chi connectivity index (χ0) is 18.0. The number of hydrogen-bond donors (Lipinski definition) is 2. The van der Waals surface area contributed by atoms with Crippen LogP contribution >= 0.6 is 0 Å². The normalized spacial score (nSPS) is 20.1. The lowest BCUT2D eigenvalue weighted by Gasteiger charge is -2.20. The number of guanidine groups is 1. The maximum Gasteiger partial charge on any atom is 0.190 e. The molecule has 2 unspecified atom stereocenters. The Morgan fingerprint density at radius 2 is 1.77 bits per heavy atom. The number of nitrogens with zero attached hydrogens (tertiary/aromatic N) is 1. The SMILES string of the molecule is CN=C(NCCCc1ccccc1)NCC1CCOC1c1ccccc1. The van der Waals surface area contributed by atoms with Gasteiger partial charge < -0.3 is 15.4 Å². The fourth-order valence-corrected chi connectivity index (χ4v) is 3.45. The van der Waals surface area contributed by atoms with Gasteiger partial charge in [-0.2, -0.15) is 0 Å². The van der Waals surface area contributed by atoms with Crippen molar-refractivity contribution in [3.05, 3.63) is 71.8 Å².